The van der Waals surface area contributed by atoms with Gasteiger partial charge in [0.2, 0.25) is 0 Å². The van der Waals surface area contributed by atoms with E-state index < -0.39 is 0 Å². The first-order valence-electron chi connectivity index (χ1n) is 6.38. The summed E-state index contributed by atoms with van der Waals surface area (Å²) in [5.41, 5.74) is 0. The van der Waals surface area contributed by atoms with E-state index in [9.17, 15) is 0 Å². The molecule has 3 aliphatic rings. The van der Waals surface area contributed by atoms with E-state index in [2.05, 4.69) is 10.2 Å². The maximum Gasteiger partial charge on any atom is 0.0107 e. The molecule has 14 heavy (non-hydrogen) atoms. The van der Waals surface area contributed by atoms with Crippen LogP contribution in [0.2, 0.25) is 0 Å². The van der Waals surface area contributed by atoms with Gasteiger partial charge in [-0.1, -0.05) is 12.8 Å². The quantitative estimate of drug-likeness (QED) is 0.636. The van der Waals surface area contributed by atoms with Crippen LogP contribution in [0.1, 0.15) is 38.5 Å². The van der Waals surface area contributed by atoms with E-state index >= 15 is 0 Å². The molecule has 0 aromatic rings. The Morgan fingerprint density at radius 2 is 1.57 bits per heavy atom. The fourth-order valence-corrected chi connectivity index (χ4v) is 2.76. The second kappa shape index (κ2) is 5.72. The van der Waals surface area contributed by atoms with Gasteiger partial charge in [0.15, 0.2) is 0 Å². The molecule has 3 heterocycles. The molecule has 0 unspecified atom stereocenters. The van der Waals surface area contributed by atoms with Crippen molar-refractivity contribution in [3.05, 3.63) is 0 Å². The maximum absolute atomic E-state index is 3.61. The zero-order valence-electron chi connectivity index (χ0n) is 9.30. The smallest absolute Gasteiger partial charge is 0.0107 e. The molecule has 0 amide bonds. The van der Waals surface area contributed by atoms with Gasteiger partial charge in [-0.05, 0) is 51.2 Å². The molecule has 2 bridgehead atoms. The Morgan fingerprint density at radius 3 is 2.29 bits per heavy atom. The van der Waals surface area contributed by atoms with Gasteiger partial charge in [-0.15, -0.1) is 0 Å². The molecule has 0 aromatic heterocycles. The summed E-state index contributed by atoms with van der Waals surface area (Å²) in [4.78, 5) is 2.65. The van der Waals surface area contributed by atoms with Crippen LogP contribution in [-0.2, 0) is 0 Å². The predicted octanol–water partition coefficient (Wildman–Crippen LogP) is 1.86. The van der Waals surface area contributed by atoms with Gasteiger partial charge in [-0.25, -0.2) is 0 Å². The second-order valence-electron chi connectivity index (χ2n) is 4.90. The summed E-state index contributed by atoms with van der Waals surface area (Å²) in [5, 5.41) is 3.61. The van der Waals surface area contributed by atoms with E-state index in [-0.39, 0.29) is 0 Å². The number of fused-ring (bicyclic) bond motifs is 9. The molecule has 3 rings (SSSR count). The summed E-state index contributed by atoms with van der Waals surface area (Å²) in [7, 11) is 0. The van der Waals surface area contributed by atoms with Crippen LogP contribution in [0, 0.1) is 5.92 Å². The van der Waals surface area contributed by atoms with Gasteiger partial charge < -0.3 is 10.2 Å². The van der Waals surface area contributed by atoms with E-state index in [0.717, 1.165) is 5.92 Å². The van der Waals surface area contributed by atoms with E-state index in [0.29, 0.717) is 0 Å². The lowest BCUT2D eigenvalue weighted by Crippen LogP contribution is -2.37. The van der Waals surface area contributed by atoms with Crippen molar-refractivity contribution in [3.63, 3.8) is 0 Å². The van der Waals surface area contributed by atoms with Crippen molar-refractivity contribution in [2.45, 2.75) is 38.5 Å². The Hall–Kier alpha value is -0.0800. The van der Waals surface area contributed by atoms with Crippen molar-refractivity contribution < 1.29 is 0 Å². The van der Waals surface area contributed by atoms with Gasteiger partial charge in [0.1, 0.15) is 0 Å². The van der Waals surface area contributed by atoms with Crippen molar-refractivity contribution in [1.29, 1.82) is 0 Å². The average Bonchev–Trinajstić information content (AvgIpc) is 2.25. The Morgan fingerprint density at radius 1 is 0.857 bits per heavy atom. The first-order valence-corrected chi connectivity index (χ1v) is 6.38. The minimum absolute atomic E-state index is 0.972. The van der Waals surface area contributed by atoms with E-state index in [1.54, 1.807) is 0 Å². The first kappa shape index (κ1) is 10.4. The third-order valence-corrected chi connectivity index (χ3v) is 3.71. The molecule has 0 aromatic carbocycles. The molecular weight excluding hydrogens is 172 g/mol. The normalized spacial score (nSPS) is 36.0. The highest BCUT2D eigenvalue weighted by Gasteiger charge is 2.14. The Balaban J connectivity index is 1.93. The number of hydrogen-bond donors (Lipinski definition) is 1. The third-order valence-electron chi connectivity index (χ3n) is 3.71. The molecule has 3 fully saturated rings. The van der Waals surface area contributed by atoms with Crippen molar-refractivity contribution >= 4 is 0 Å². The van der Waals surface area contributed by atoms with E-state index in [4.69, 9.17) is 0 Å². The fourth-order valence-electron chi connectivity index (χ4n) is 2.76. The average molecular weight is 196 g/mol. The second-order valence-corrected chi connectivity index (χ2v) is 4.90. The Bertz CT molecular complexity index is 112. The standard InChI is InChI=1S/C12H24N2/c1-3-8-14-9-4-2-6-12(5-1)11-13-7-10-14/h12-13H,1-11H2. The predicted molar refractivity (Wildman–Crippen MR) is 60.5 cm³/mol. The van der Waals surface area contributed by atoms with E-state index in [1.807, 2.05) is 0 Å². The van der Waals surface area contributed by atoms with Crippen LogP contribution in [-0.4, -0.2) is 37.6 Å². The lowest BCUT2D eigenvalue weighted by Gasteiger charge is -2.28. The van der Waals surface area contributed by atoms with Crippen molar-refractivity contribution in [2.24, 2.45) is 5.92 Å². The molecule has 82 valence electrons. The van der Waals surface area contributed by atoms with Crippen LogP contribution in [0.15, 0.2) is 0 Å². The largest absolute Gasteiger partial charge is 0.315 e. The van der Waals surface area contributed by atoms with Gasteiger partial charge in [0, 0.05) is 13.1 Å². The molecule has 0 aliphatic carbocycles. The minimum atomic E-state index is 0.972. The summed E-state index contributed by atoms with van der Waals surface area (Å²) in [6.45, 7) is 6.43. The lowest BCUT2D eigenvalue weighted by atomic mass is 9.94. The van der Waals surface area contributed by atoms with Crippen LogP contribution < -0.4 is 5.32 Å². The molecule has 3 aliphatic heterocycles. The highest BCUT2D eigenvalue weighted by atomic mass is 15.1. The summed E-state index contributed by atoms with van der Waals surface area (Å²) < 4.78 is 0. The van der Waals surface area contributed by atoms with Crippen LogP contribution in [0.5, 0.6) is 0 Å². The topological polar surface area (TPSA) is 15.3 Å². The summed E-state index contributed by atoms with van der Waals surface area (Å²) in [5.74, 6) is 0.972. The third kappa shape index (κ3) is 3.25. The molecule has 0 atom stereocenters. The van der Waals surface area contributed by atoms with Crippen LogP contribution >= 0.6 is 0 Å². The van der Waals surface area contributed by atoms with Crippen LogP contribution in [0.3, 0.4) is 0 Å². The number of nitrogens with zero attached hydrogens (tertiary/aromatic N) is 1. The Labute approximate surface area is 88.1 Å². The van der Waals surface area contributed by atoms with Gasteiger partial charge in [0.25, 0.3) is 0 Å². The molecule has 2 heteroatoms. The molecule has 0 radical (unpaired) electrons. The number of hydrogen-bond acceptors (Lipinski definition) is 2. The van der Waals surface area contributed by atoms with Crippen molar-refractivity contribution in [1.82, 2.24) is 10.2 Å². The summed E-state index contributed by atoms with van der Waals surface area (Å²) in [6.07, 6.45) is 8.67. The molecule has 0 saturated carbocycles. The summed E-state index contributed by atoms with van der Waals surface area (Å²) in [6, 6.07) is 0. The van der Waals surface area contributed by atoms with Gasteiger partial charge in [0.05, 0.1) is 0 Å². The Kier molecular flexibility index (Phi) is 4.26. The molecular formula is C12H24N2. The van der Waals surface area contributed by atoms with Crippen molar-refractivity contribution in [3.8, 4) is 0 Å². The van der Waals surface area contributed by atoms with Crippen LogP contribution in [0.4, 0.5) is 0 Å². The molecule has 1 N–H and O–H groups in total. The zero-order chi connectivity index (χ0) is 9.64. The van der Waals surface area contributed by atoms with Gasteiger partial charge in [-0.2, -0.15) is 0 Å². The minimum Gasteiger partial charge on any atom is -0.315 e. The van der Waals surface area contributed by atoms with Gasteiger partial charge in [-0.3, -0.25) is 0 Å². The van der Waals surface area contributed by atoms with Gasteiger partial charge >= 0.3 is 0 Å². The SMILES string of the molecule is C1CCN2CCCCC(C1)CNCC2. The zero-order valence-corrected chi connectivity index (χ0v) is 9.30. The van der Waals surface area contributed by atoms with Crippen molar-refractivity contribution in [2.75, 3.05) is 32.7 Å². The number of rotatable bonds is 0. The fraction of sp³-hybridized carbons (Fsp3) is 1.00. The molecule has 2 nitrogen and oxygen atoms in total. The highest BCUT2D eigenvalue weighted by molar-refractivity contribution is 4.71. The monoisotopic (exact) mass is 196 g/mol. The molecule has 0 spiro atoms. The number of nitrogens with one attached hydrogen (secondary N) is 1. The first-order chi connectivity index (χ1) is 6.95. The van der Waals surface area contributed by atoms with E-state index in [1.165, 1.54) is 71.2 Å². The van der Waals surface area contributed by atoms with Crippen LogP contribution in [0.25, 0.3) is 0 Å². The summed E-state index contributed by atoms with van der Waals surface area (Å²) >= 11 is 0. The lowest BCUT2D eigenvalue weighted by molar-refractivity contribution is 0.226. The highest BCUT2D eigenvalue weighted by Crippen LogP contribution is 2.18. The molecule has 3 saturated heterocycles. The maximum atomic E-state index is 3.61.